The van der Waals surface area contributed by atoms with Crippen molar-refractivity contribution in [1.82, 2.24) is 34.3 Å². The van der Waals surface area contributed by atoms with Crippen LogP contribution in [0.25, 0.3) is 28.1 Å². The summed E-state index contributed by atoms with van der Waals surface area (Å²) in [7, 11) is 1.73. The Balaban J connectivity index is 1.28. The zero-order valence-electron chi connectivity index (χ0n) is 18.5. The fourth-order valence-electron chi connectivity index (χ4n) is 4.22. The Morgan fingerprint density at radius 1 is 1.17 bits per heavy atom. The first-order valence-corrected chi connectivity index (χ1v) is 10.7. The minimum absolute atomic E-state index is 0.0785. The molecule has 6 rings (SSSR count). The Kier molecular flexibility index (Phi) is 4.49. The Morgan fingerprint density at radius 2 is 1.97 bits per heavy atom. The van der Waals surface area contributed by atoms with Crippen LogP contribution in [0.2, 0.25) is 0 Å². The Hall–Kier alpha value is -4.69. The van der Waals surface area contributed by atoms with Crippen LogP contribution in [0.1, 0.15) is 18.6 Å². The largest absolute Gasteiger partial charge is 0.401 e. The molecule has 5 aromatic rings. The third kappa shape index (κ3) is 3.23. The lowest BCUT2D eigenvalue weighted by Gasteiger charge is -2.15. The van der Waals surface area contributed by atoms with E-state index < -0.39 is 17.6 Å². The fourth-order valence-corrected chi connectivity index (χ4v) is 4.22. The van der Waals surface area contributed by atoms with Crippen LogP contribution in [0.15, 0.2) is 41.4 Å². The van der Waals surface area contributed by atoms with E-state index in [2.05, 4.69) is 35.8 Å². The number of carbonyl (C=O) groups is 1. The van der Waals surface area contributed by atoms with Gasteiger partial charge in [0.05, 0.1) is 16.8 Å². The lowest BCUT2D eigenvalue weighted by molar-refractivity contribution is -0.165. The summed E-state index contributed by atoms with van der Waals surface area (Å²) in [6.45, 7) is 0. The molecule has 184 valence electrons. The molecule has 1 aliphatic carbocycles. The number of alkyl halides is 3. The summed E-state index contributed by atoms with van der Waals surface area (Å²) < 4.78 is 48.1. The third-order valence-corrected chi connectivity index (χ3v) is 6.21. The van der Waals surface area contributed by atoms with E-state index in [0.29, 0.717) is 33.8 Å². The van der Waals surface area contributed by atoms with E-state index in [4.69, 9.17) is 10.3 Å². The van der Waals surface area contributed by atoms with Crippen LogP contribution in [0.4, 0.5) is 35.3 Å². The average Bonchev–Trinajstić information content (AvgIpc) is 3.14. The van der Waals surface area contributed by atoms with Gasteiger partial charge < -0.3 is 15.6 Å². The zero-order chi connectivity index (χ0) is 25.2. The van der Waals surface area contributed by atoms with Gasteiger partial charge in [-0.1, -0.05) is 5.16 Å². The second kappa shape index (κ2) is 7.40. The molecule has 4 N–H and O–H groups in total. The topological polar surface area (TPSA) is 154 Å². The van der Waals surface area contributed by atoms with Gasteiger partial charge in [-0.25, -0.2) is 24.4 Å². The predicted molar refractivity (Wildman–Crippen MR) is 121 cm³/mol. The highest BCUT2D eigenvalue weighted by molar-refractivity contribution is 6.02. The van der Waals surface area contributed by atoms with E-state index in [1.54, 1.807) is 40.7 Å². The van der Waals surface area contributed by atoms with Crippen LogP contribution < -0.4 is 16.4 Å². The summed E-state index contributed by atoms with van der Waals surface area (Å²) >= 11 is 0. The summed E-state index contributed by atoms with van der Waals surface area (Å²) in [4.78, 5) is 25.2. The molecular formula is C21H17F3N10O2. The maximum absolute atomic E-state index is 13.3. The number of hydrogen-bond donors (Lipinski definition) is 3. The van der Waals surface area contributed by atoms with Gasteiger partial charge in [0.1, 0.15) is 23.3 Å². The molecule has 1 saturated carbocycles. The first-order valence-electron chi connectivity index (χ1n) is 10.7. The van der Waals surface area contributed by atoms with Gasteiger partial charge in [-0.15, -0.1) is 0 Å². The standard InChI is InChI=1S/C21H17F3N10O2/c1-33-18-14(16(25)27-9-28-18)15(31-33)11-3-2-10(17-26-6-7-34(11)17)29-19(35)30-13-8-12(36-32-13)20(4-5-20)21(22,23)24/h2-3,6-9H,4-5H2,1H3,(H2,25,27,28)(H2,29,30,32,35). The number of nitrogens with two attached hydrogens (primary N) is 1. The molecule has 0 aromatic carbocycles. The van der Waals surface area contributed by atoms with Gasteiger partial charge in [0.15, 0.2) is 22.9 Å². The molecule has 1 aliphatic rings. The van der Waals surface area contributed by atoms with Crippen LogP contribution >= 0.6 is 0 Å². The number of imidazole rings is 1. The summed E-state index contributed by atoms with van der Waals surface area (Å²) in [5.74, 6) is -0.191. The molecule has 2 amide bonds. The average molecular weight is 498 g/mol. The molecule has 0 radical (unpaired) electrons. The number of urea groups is 1. The SMILES string of the molecule is Cn1nc(-c2ccc(NC(=O)Nc3cc(C4(C(F)(F)F)CC4)on3)c3nccn23)c2c(N)ncnc21. The number of fused-ring (bicyclic) bond motifs is 2. The van der Waals surface area contributed by atoms with Crippen molar-refractivity contribution in [1.29, 1.82) is 0 Å². The number of nitrogens with one attached hydrogen (secondary N) is 2. The number of pyridine rings is 1. The third-order valence-electron chi connectivity index (χ3n) is 6.21. The molecule has 15 heteroatoms. The molecule has 0 atom stereocenters. The lowest BCUT2D eigenvalue weighted by Crippen LogP contribution is -2.28. The van der Waals surface area contributed by atoms with Crippen molar-refractivity contribution in [3.63, 3.8) is 0 Å². The number of nitrogen functional groups attached to an aromatic ring is 1. The molecule has 5 aromatic heterocycles. The number of amides is 2. The van der Waals surface area contributed by atoms with Crippen molar-refractivity contribution >= 4 is 40.0 Å². The summed E-state index contributed by atoms with van der Waals surface area (Å²) in [6.07, 6.45) is -0.0219. The van der Waals surface area contributed by atoms with Crippen molar-refractivity contribution in [2.24, 2.45) is 7.05 Å². The number of aryl methyl sites for hydroxylation is 1. The molecule has 0 aliphatic heterocycles. The lowest BCUT2D eigenvalue weighted by atomic mass is 10.0. The van der Waals surface area contributed by atoms with Crippen LogP contribution in [0.3, 0.4) is 0 Å². The van der Waals surface area contributed by atoms with E-state index in [0.717, 1.165) is 6.07 Å². The number of halogens is 3. The fraction of sp³-hybridized carbons (Fsp3) is 0.238. The van der Waals surface area contributed by atoms with E-state index in [1.165, 1.54) is 6.33 Å². The molecular weight excluding hydrogens is 481 g/mol. The van der Waals surface area contributed by atoms with Crippen molar-refractivity contribution in [2.75, 3.05) is 16.4 Å². The highest BCUT2D eigenvalue weighted by Gasteiger charge is 2.66. The number of aromatic nitrogens is 7. The molecule has 0 spiro atoms. The van der Waals surface area contributed by atoms with Gasteiger partial charge in [-0.05, 0) is 25.0 Å². The van der Waals surface area contributed by atoms with Crippen LogP contribution in [-0.2, 0) is 12.5 Å². The molecule has 0 bridgehead atoms. The quantitative estimate of drug-likeness (QED) is 0.340. The summed E-state index contributed by atoms with van der Waals surface area (Å²) in [5, 5.41) is 13.7. The number of nitrogens with zero attached hydrogens (tertiary/aromatic N) is 7. The number of anilines is 3. The second-order valence-corrected chi connectivity index (χ2v) is 8.42. The van der Waals surface area contributed by atoms with Gasteiger partial charge >= 0.3 is 12.2 Å². The molecule has 12 nitrogen and oxygen atoms in total. The van der Waals surface area contributed by atoms with E-state index in [-0.39, 0.29) is 30.2 Å². The summed E-state index contributed by atoms with van der Waals surface area (Å²) in [6, 6.07) is 3.69. The second-order valence-electron chi connectivity index (χ2n) is 8.42. The predicted octanol–water partition coefficient (Wildman–Crippen LogP) is 3.49. The Morgan fingerprint density at radius 3 is 2.72 bits per heavy atom. The van der Waals surface area contributed by atoms with E-state index in [1.807, 2.05) is 0 Å². The van der Waals surface area contributed by atoms with Crippen molar-refractivity contribution in [3.05, 3.63) is 42.7 Å². The molecule has 0 unspecified atom stereocenters. The minimum Gasteiger partial charge on any atom is -0.383 e. The monoisotopic (exact) mass is 498 g/mol. The smallest absolute Gasteiger partial charge is 0.383 e. The maximum Gasteiger partial charge on any atom is 0.401 e. The van der Waals surface area contributed by atoms with Crippen LogP contribution in [0, 0.1) is 0 Å². The summed E-state index contributed by atoms with van der Waals surface area (Å²) in [5.41, 5.74) is 6.49. The van der Waals surface area contributed by atoms with Crippen LogP contribution in [0.5, 0.6) is 0 Å². The molecule has 5 heterocycles. The first-order chi connectivity index (χ1) is 17.2. The van der Waals surface area contributed by atoms with Gasteiger partial charge in [0, 0.05) is 25.5 Å². The molecule has 0 saturated heterocycles. The van der Waals surface area contributed by atoms with Gasteiger partial charge in [-0.2, -0.15) is 18.3 Å². The zero-order valence-corrected chi connectivity index (χ0v) is 18.5. The van der Waals surface area contributed by atoms with Crippen LogP contribution in [-0.4, -0.2) is 46.5 Å². The van der Waals surface area contributed by atoms with Gasteiger partial charge in [-0.3, -0.25) is 9.72 Å². The van der Waals surface area contributed by atoms with Gasteiger partial charge in [0.2, 0.25) is 0 Å². The van der Waals surface area contributed by atoms with E-state index >= 15 is 0 Å². The van der Waals surface area contributed by atoms with Crippen molar-refractivity contribution in [3.8, 4) is 11.4 Å². The number of hydrogen-bond acceptors (Lipinski definition) is 8. The highest BCUT2D eigenvalue weighted by atomic mass is 19.4. The van der Waals surface area contributed by atoms with Crippen molar-refractivity contribution in [2.45, 2.75) is 24.4 Å². The minimum atomic E-state index is -4.45. The first kappa shape index (κ1) is 21.8. The number of carbonyl (C=O) groups excluding carboxylic acids is 1. The van der Waals surface area contributed by atoms with Gasteiger partial charge in [0.25, 0.3) is 0 Å². The highest BCUT2D eigenvalue weighted by Crippen LogP contribution is 2.59. The van der Waals surface area contributed by atoms with Crippen molar-refractivity contribution < 1.29 is 22.5 Å². The normalized spacial score (nSPS) is 14.9. The van der Waals surface area contributed by atoms with E-state index in [9.17, 15) is 18.0 Å². The Labute approximate surface area is 199 Å². The molecule has 36 heavy (non-hydrogen) atoms. The molecule has 1 fully saturated rings. The maximum atomic E-state index is 13.3. The number of rotatable bonds is 4. The Bertz CT molecular complexity index is 1650.